The fourth-order valence-corrected chi connectivity index (χ4v) is 1.91. The molecule has 2 aromatic rings. The van der Waals surface area contributed by atoms with E-state index in [1.165, 1.54) is 0 Å². The summed E-state index contributed by atoms with van der Waals surface area (Å²) in [7, 11) is 1.55. The number of aryl methyl sites for hydroxylation is 1. The first-order chi connectivity index (χ1) is 9.31. The van der Waals surface area contributed by atoms with Crippen LogP contribution in [0.15, 0.2) is 30.6 Å². The van der Waals surface area contributed by atoms with Gasteiger partial charge in [-0.2, -0.15) is 0 Å². The summed E-state index contributed by atoms with van der Waals surface area (Å²) >= 11 is 0. The van der Waals surface area contributed by atoms with Crippen LogP contribution in [0.4, 0.5) is 0 Å². The minimum Gasteiger partial charge on any atom is -0.504 e. The maximum atomic E-state index is 9.92. The molecule has 0 aliphatic rings. The SMILES string of the molecule is COc1cccc(CNCCCc2ncc[nH]2)c1O. The molecule has 0 unspecified atom stereocenters. The van der Waals surface area contributed by atoms with Crippen molar-refractivity contribution in [3.8, 4) is 11.5 Å². The third kappa shape index (κ3) is 3.72. The summed E-state index contributed by atoms with van der Waals surface area (Å²) < 4.78 is 5.07. The third-order valence-electron chi connectivity index (χ3n) is 2.94. The predicted octanol–water partition coefficient (Wildman–Crippen LogP) is 1.85. The number of phenolic OH excluding ortho intramolecular Hbond substituents is 1. The van der Waals surface area contributed by atoms with Crippen molar-refractivity contribution in [1.29, 1.82) is 0 Å². The number of aromatic amines is 1. The Kier molecular flexibility index (Phi) is 4.80. The van der Waals surface area contributed by atoms with E-state index in [1.54, 1.807) is 19.4 Å². The van der Waals surface area contributed by atoms with Crippen molar-refractivity contribution < 1.29 is 9.84 Å². The first-order valence-electron chi connectivity index (χ1n) is 6.35. The molecule has 0 saturated heterocycles. The van der Waals surface area contributed by atoms with Gasteiger partial charge in [-0.25, -0.2) is 4.98 Å². The summed E-state index contributed by atoms with van der Waals surface area (Å²) in [5, 5.41) is 13.2. The average molecular weight is 261 g/mol. The Hall–Kier alpha value is -2.01. The zero-order valence-corrected chi connectivity index (χ0v) is 11.0. The predicted molar refractivity (Wildman–Crippen MR) is 73.3 cm³/mol. The van der Waals surface area contributed by atoms with Gasteiger partial charge in [-0.15, -0.1) is 0 Å². The molecule has 0 spiro atoms. The fourth-order valence-electron chi connectivity index (χ4n) is 1.91. The van der Waals surface area contributed by atoms with E-state index >= 15 is 0 Å². The van der Waals surface area contributed by atoms with E-state index in [1.807, 2.05) is 18.3 Å². The summed E-state index contributed by atoms with van der Waals surface area (Å²) in [4.78, 5) is 7.24. The van der Waals surface area contributed by atoms with Gasteiger partial charge in [0.05, 0.1) is 7.11 Å². The van der Waals surface area contributed by atoms with Crippen molar-refractivity contribution in [1.82, 2.24) is 15.3 Å². The van der Waals surface area contributed by atoms with Gasteiger partial charge >= 0.3 is 0 Å². The molecule has 5 nitrogen and oxygen atoms in total. The van der Waals surface area contributed by atoms with Gasteiger partial charge in [-0.1, -0.05) is 12.1 Å². The number of nitrogens with zero attached hydrogens (tertiary/aromatic N) is 1. The monoisotopic (exact) mass is 261 g/mol. The van der Waals surface area contributed by atoms with Gasteiger partial charge in [0.25, 0.3) is 0 Å². The number of nitrogens with one attached hydrogen (secondary N) is 2. The number of aromatic hydroxyl groups is 1. The van der Waals surface area contributed by atoms with E-state index in [0.29, 0.717) is 12.3 Å². The molecule has 1 heterocycles. The normalized spacial score (nSPS) is 10.6. The van der Waals surface area contributed by atoms with E-state index < -0.39 is 0 Å². The van der Waals surface area contributed by atoms with Crippen LogP contribution in [0.25, 0.3) is 0 Å². The Morgan fingerprint density at radius 3 is 3.05 bits per heavy atom. The van der Waals surface area contributed by atoms with E-state index in [9.17, 15) is 5.11 Å². The molecule has 0 amide bonds. The lowest BCUT2D eigenvalue weighted by atomic mass is 10.2. The number of ether oxygens (including phenoxy) is 1. The van der Waals surface area contributed by atoms with Crippen LogP contribution in [-0.4, -0.2) is 28.7 Å². The van der Waals surface area contributed by atoms with Crippen LogP contribution in [0.5, 0.6) is 11.5 Å². The van der Waals surface area contributed by atoms with Crippen LogP contribution < -0.4 is 10.1 Å². The Balaban J connectivity index is 1.73. The number of hydrogen-bond acceptors (Lipinski definition) is 4. The van der Waals surface area contributed by atoms with E-state index in [2.05, 4.69) is 15.3 Å². The van der Waals surface area contributed by atoms with Crippen molar-refractivity contribution in [2.24, 2.45) is 0 Å². The van der Waals surface area contributed by atoms with Crippen LogP contribution in [0, 0.1) is 0 Å². The van der Waals surface area contributed by atoms with Gasteiger partial charge in [0.1, 0.15) is 5.82 Å². The second-order valence-corrected chi connectivity index (χ2v) is 4.28. The molecule has 3 N–H and O–H groups in total. The first-order valence-corrected chi connectivity index (χ1v) is 6.35. The molecule has 0 fully saturated rings. The number of phenols is 1. The molecule has 5 heteroatoms. The summed E-state index contributed by atoms with van der Waals surface area (Å²) in [5.41, 5.74) is 0.845. The molecule has 0 aliphatic carbocycles. The molecule has 0 aliphatic heterocycles. The van der Waals surface area contributed by atoms with Gasteiger partial charge in [-0.3, -0.25) is 0 Å². The van der Waals surface area contributed by atoms with Gasteiger partial charge in [0.15, 0.2) is 11.5 Å². The molecule has 0 bridgehead atoms. The quantitative estimate of drug-likeness (QED) is 0.665. The van der Waals surface area contributed by atoms with Crippen molar-refractivity contribution in [3.63, 3.8) is 0 Å². The molecule has 102 valence electrons. The molecule has 19 heavy (non-hydrogen) atoms. The zero-order chi connectivity index (χ0) is 13.5. The number of imidazole rings is 1. The van der Waals surface area contributed by atoms with Gasteiger partial charge in [-0.05, 0) is 19.0 Å². The zero-order valence-electron chi connectivity index (χ0n) is 11.0. The lowest BCUT2D eigenvalue weighted by molar-refractivity contribution is 0.369. The van der Waals surface area contributed by atoms with Crippen molar-refractivity contribution in [3.05, 3.63) is 42.0 Å². The van der Waals surface area contributed by atoms with Crippen LogP contribution in [-0.2, 0) is 13.0 Å². The Morgan fingerprint density at radius 2 is 2.32 bits per heavy atom. The second-order valence-electron chi connectivity index (χ2n) is 4.28. The molecule has 1 aromatic carbocycles. The minimum absolute atomic E-state index is 0.212. The van der Waals surface area contributed by atoms with Crippen molar-refractivity contribution in [2.75, 3.05) is 13.7 Å². The highest BCUT2D eigenvalue weighted by molar-refractivity contribution is 5.45. The van der Waals surface area contributed by atoms with Crippen LogP contribution in [0.3, 0.4) is 0 Å². The number of para-hydroxylation sites is 1. The van der Waals surface area contributed by atoms with E-state index in [0.717, 1.165) is 30.8 Å². The first kappa shape index (κ1) is 13.4. The summed E-state index contributed by atoms with van der Waals surface area (Å²) in [6.45, 7) is 1.50. The topological polar surface area (TPSA) is 70.2 Å². The van der Waals surface area contributed by atoms with Gasteiger partial charge < -0.3 is 20.1 Å². The smallest absolute Gasteiger partial charge is 0.162 e. The molecule has 0 saturated carbocycles. The molecule has 2 rings (SSSR count). The minimum atomic E-state index is 0.212. The maximum absolute atomic E-state index is 9.92. The number of aromatic nitrogens is 2. The fraction of sp³-hybridized carbons (Fsp3) is 0.357. The number of rotatable bonds is 7. The molecular weight excluding hydrogens is 242 g/mol. The molecule has 0 radical (unpaired) electrons. The van der Waals surface area contributed by atoms with Crippen molar-refractivity contribution >= 4 is 0 Å². The van der Waals surface area contributed by atoms with E-state index in [-0.39, 0.29) is 5.75 Å². The average Bonchev–Trinajstić information content (AvgIpc) is 2.93. The number of hydrogen-bond donors (Lipinski definition) is 3. The van der Waals surface area contributed by atoms with Crippen LogP contribution in [0.1, 0.15) is 17.8 Å². The molecular formula is C14H19N3O2. The number of methoxy groups -OCH3 is 1. The summed E-state index contributed by atoms with van der Waals surface area (Å²) in [6.07, 6.45) is 5.51. The van der Waals surface area contributed by atoms with Crippen LogP contribution >= 0.6 is 0 Å². The second kappa shape index (κ2) is 6.80. The third-order valence-corrected chi connectivity index (χ3v) is 2.94. The lowest BCUT2D eigenvalue weighted by Crippen LogP contribution is -2.15. The molecule has 1 aromatic heterocycles. The largest absolute Gasteiger partial charge is 0.504 e. The van der Waals surface area contributed by atoms with Crippen LogP contribution in [0.2, 0.25) is 0 Å². The maximum Gasteiger partial charge on any atom is 0.162 e. The molecule has 0 atom stereocenters. The summed E-state index contributed by atoms with van der Waals surface area (Å²) in [6, 6.07) is 5.51. The standard InChI is InChI=1S/C14H19N3O2/c1-19-12-5-2-4-11(14(12)18)10-15-7-3-6-13-16-8-9-17-13/h2,4-5,8-9,15,18H,3,6-7,10H2,1H3,(H,16,17). The highest BCUT2D eigenvalue weighted by atomic mass is 16.5. The van der Waals surface area contributed by atoms with Gasteiger partial charge in [0, 0.05) is 30.9 Å². The Labute approximate surface area is 112 Å². The number of benzene rings is 1. The van der Waals surface area contributed by atoms with Gasteiger partial charge in [0.2, 0.25) is 0 Å². The van der Waals surface area contributed by atoms with Crippen molar-refractivity contribution in [2.45, 2.75) is 19.4 Å². The van der Waals surface area contributed by atoms with E-state index in [4.69, 9.17) is 4.74 Å². The summed E-state index contributed by atoms with van der Waals surface area (Å²) in [5.74, 6) is 1.73. The number of H-pyrrole nitrogens is 1. The lowest BCUT2D eigenvalue weighted by Gasteiger charge is -2.09. The highest BCUT2D eigenvalue weighted by Gasteiger charge is 2.06. The highest BCUT2D eigenvalue weighted by Crippen LogP contribution is 2.28. The Morgan fingerprint density at radius 1 is 1.42 bits per heavy atom. The Bertz CT molecular complexity index is 497.